The van der Waals surface area contributed by atoms with Crippen molar-refractivity contribution in [2.75, 3.05) is 6.61 Å². The van der Waals surface area contributed by atoms with Crippen molar-refractivity contribution >= 4 is 11.9 Å². The number of aliphatic hydroxyl groups is 1. The molecule has 2 aliphatic rings. The molecule has 2 heterocycles. The number of carbonyl (C=O) groups is 2. The molecule has 0 aromatic heterocycles. The lowest BCUT2D eigenvalue weighted by atomic mass is 9.82. The van der Waals surface area contributed by atoms with Gasteiger partial charge in [-0.1, -0.05) is 69.2 Å². The number of hydrogen-bond acceptors (Lipinski definition) is 9. The standard InChI is InChI=1S/C30H37N3O8/c1-5-22-25(19(4)26(29(36)38-22)40-28(35)21-14-10-7-11-15-21)41-30-24(32-33-31)18(3)17(2)23(39-30)16-37-27(34)20-12-8-6-9-13-20/h6-15,17-19,22-26,29-30,36H,5,16H2,1-4H3/t17?,18-,19?,22-,23?,24+,25-,26?,29?,30?/m0/s1. The van der Waals surface area contributed by atoms with Crippen LogP contribution >= 0.6 is 0 Å². The van der Waals surface area contributed by atoms with Crippen LogP contribution in [0.3, 0.4) is 0 Å². The van der Waals surface area contributed by atoms with Crippen LogP contribution in [0.4, 0.5) is 0 Å². The van der Waals surface area contributed by atoms with Gasteiger partial charge in [0.25, 0.3) is 0 Å². The summed E-state index contributed by atoms with van der Waals surface area (Å²) in [4.78, 5) is 28.4. The van der Waals surface area contributed by atoms with E-state index in [-0.39, 0.29) is 18.4 Å². The van der Waals surface area contributed by atoms with Crippen LogP contribution in [0.5, 0.6) is 0 Å². The largest absolute Gasteiger partial charge is 0.459 e. The van der Waals surface area contributed by atoms with Gasteiger partial charge >= 0.3 is 11.9 Å². The molecule has 4 rings (SSSR count). The Morgan fingerprint density at radius 3 is 2.07 bits per heavy atom. The van der Waals surface area contributed by atoms with Crippen molar-refractivity contribution < 1.29 is 38.4 Å². The van der Waals surface area contributed by atoms with Crippen LogP contribution in [0, 0.1) is 17.8 Å². The molecule has 2 saturated heterocycles. The first-order valence-electron chi connectivity index (χ1n) is 13.9. The molecule has 0 aliphatic carbocycles. The smallest absolute Gasteiger partial charge is 0.338 e. The summed E-state index contributed by atoms with van der Waals surface area (Å²) < 4.78 is 29.8. The summed E-state index contributed by atoms with van der Waals surface area (Å²) in [6.07, 6.45) is -4.64. The fraction of sp³-hybridized carbons (Fsp3) is 0.533. The van der Waals surface area contributed by atoms with Crippen molar-refractivity contribution in [2.45, 2.75) is 77.2 Å². The summed E-state index contributed by atoms with van der Waals surface area (Å²) in [5.41, 5.74) is 10.1. The van der Waals surface area contributed by atoms with Crippen LogP contribution in [-0.4, -0.2) is 66.7 Å². The molecule has 6 unspecified atom stereocenters. The van der Waals surface area contributed by atoms with Gasteiger partial charge in [-0.2, -0.15) is 0 Å². The van der Waals surface area contributed by atoms with E-state index in [2.05, 4.69) is 10.0 Å². The summed E-state index contributed by atoms with van der Waals surface area (Å²) >= 11 is 0. The van der Waals surface area contributed by atoms with E-state index in [0.717, 1.165) is 0 Å². The first-order valence-corrected chi connectivity index (χ1v) is 13.9. The van der Waals surface area contributed by atoms with E-state index in [1.165, 1.54) is 0 Å². The highest BCUT2D eigenvalue weighted by molar-refractivity contribution is 5.89. The van der Waals surface area contributed by atoms with E-state index >= 15 is 0 Å². The van der Waals surface area contributed by atoms with Gasteiger partial charge in [0.1, 0.15) is 6.61 Å². The Balaban J connectivity index is 1.51. The molecule has 0 spiro atoms. The lowest BCUT2D eigenvalue weighted by Crippen LogP contribution is -2.59. The molecule has 11 heteroatoms. The molecule has 2 fully saturated rings. The zero-order chi connectivity index (χ0) is 29.5. The lowest BCUT2D eigenvalue weighted by Gasteiger charge is -2.48. The number of ether oxygens (including phenoxy) is 5. The van der Waals surface area contributed by atoms with Crippen LogP contribution in [-0.2, 0) is 23.7 Å². The molecule has 0 saturated carbocycles. The highest BCUT2D eigenvalue weighted by Crippen LogP contribution is 2.38. The van der Waals surface area contributed by atoms with Gasteiger partial charge in [0.05, 0.1) is 35.5 Å². The van der Waals surface area contributed by atoms with Crippen LogP contribution in [0.25, 0.3) is 10.4 Å². The van der Waals surface area contributed by atoms with Gasteiger partial charge in [-0.3, -0.25) is 0 Å². The predicted molar refractivity (Wildman–Crippen MR) is 148 cm³/mol. The average molecular weight is 568 g/mol. The van der Waals surface area contributed by atoms with E-state index in [0.29, 0.717) is 17.5 Å². The van der Waals surface area contributed by atoms with Gasteiger partial charge in [0.2, 0.25) is 0 Å². The second kappa shape index (κ2) is 13.9. The summed E-state index contributed by atoms with van der Waals surface area (Å²) in [5.74, 6) is -1.88. The maximum atomic E-state index is 12.8. The number of rotatable bonds is 9. The minimum absolute atomic E-state index is 0.0218. The van der Waals surface area contributed by atoms with E-state index in [4.69, 9.17) is 23.7 Å². The third-order valence-corrected chi connectivity index (χ3v) is 8.06. The predicted octanol–water partition coefficient (Wildman–Crippen LogP) is 4.89. The van der Waals surface area contributed by atoms with Crippen molar-refractivity contribution in [1.82, 2.24) is 0 Å². The van der Waals surface area contributed by atoms with Gasteiger partial charge < -0.3 is 28.8 Å². The molecule has 220 valence electrons. The third kappa shape index (κ3) is 7.06. The molecule has 1 N–H and O–H groups in total. The van der Waals surface area contributed by atoms with Gasteiger partial charge in [0, 0.05) is 10.8 Å². The number of aliphatic hydroxyl groups excluding tert-OH is 1. The SMILES string of the molecule is CC[C@@H]1OC(O)C(OC(=O)c2ccccc2)C(C)[C@@H]1OC1OC(COC(=O)c2ccccc2)C(C)[C@H](C)[C@H]1N=[N+]=[N-]. The monoisotopic (exact) mass is 567 g/mol. The zero-order valence-electron chi connectivity index (χ0n) is 23.6. The Bertz CT molecular complexity index is 1210. The minimum atomic E-state index is -1.35. The Hall–Kier alpha value is -3.47. The van der Waals surface area contributed by atoms with Crippen molar-refractivity contribution in [1.29, 1.82) is 0 Å². The maximum absolute atomic E-state index is 12.8. The number of nitrogens with zero attached hydrogens (tertiary/aromatic N) is 3. The van der Waals surface area contributed by atoms with Crippen LogP contribution in [0.2, 0.25) is 0 Å². The minimum Gasteiger partial charge on any atom is -0.459 e. The van der Waals surface area contributed by atoms with Gasteiger partial charge in [0.15, 0.2) is 18.7 Å². The number of benzene rings is 2. The van der Waals surface area contributed by atoms with Crippen molar-refractivity contribution in [2.24, 2.45) is 22.9 Å². The topological polar surface area (TPSA) is 149 Å². The fourth-order valence-corrected chi connectivity index (χ4v) is 5.36. The summed E-state index contributed by atoms with van der Waals surface area (Å²) in [6, 6.07) is 16.5. The van der Waals surface area contributed by atoms with E-state index in [1.54, 1.807) is 61.5 Å². The molecule has 0 radical (unpaired) electrons. The van der Waals surface area contributed by atoms with Gasteiger partial charge in [-0.05, 0) is 48.1 Å². The number of esters is 2. The van der Waals surface area contributed by atoms with Crippen LogP contribution in [0.1, 0.15) is 54.8 Å². The number of hydrogen-bond donors (Lipinski definition) is 1. The summed E-state index contributed by atoms with van der Waals surface area (Å²) in [7, 11) is 0. The zero-order valence-corrected chi connectivity index (χ0v) is 23.6. The maximum Gasteiger partial charge on any atom is 0.338 e. The molecular weight excluding hydrogens is 530 g/mol. The van der Waals surface area contributed by atoms with Crippen molar-refractivity contribution in [3.8, 4) is 0 Å². The van der Waals surface area contributed by atoms with E-state index < -0.39 is 60.9 Å². The molecular formula is C30H37N3O8. The quantitative estimate of drug-likeness (QED) is 0.195. The molecule has 0 bridgehead atoms. The highest BCUT2D eigenvalue weighted by atomic mass is 16.7. The Morgan fingerprint density at radius 1 is 0.878 bits per heavy atom. The van der Waals surface area contributed by atoms with Gasteiger partial charge in [-0.25, -0.2) is 9.59 Å². The molecule has 10 atom stereocenters. The van der Waals surface area contributed by atoms with E-state index in [9.17, 15) is 20.2 Å². The summed E-state index contributed by atoms with van der Waals surface area (Å²) in [5, 5.41) is 14.7. The molecule has 2 aliphatic heterocycles. The lowest BCUT2D eigenvalue weighted by molar-refractivity contribution is -0.319. The summed E-state index contributed by atoms with van der Waals surface area (Å²) in [6.45, 7) is 7.55. The second-order valence-electron chi connectivity index (χ2n) is 10.6. The van der Waals surface area contributed by atoms with Crippen LogP contribution in [0.15, 0.2) is 65.8 Å². The van der Waals surface area contributed by atoms with Crippen LogP contribution < -0.4 is 0 Å². The first-order chi connectivity index (χ1) is 19.7. The molecule has 11 nitrogen and oxygen atoms in total. The van der Waals surface area contributed by atoms with E-state index in [1.807, 2.05) is 26.8 Å². The number of carbonyl (C=O) groups excluding carboxylic acids is 2. The molecule has 2 aromatic carbocycles. The Morgan fingerprint density at radius 2 is 1.49 bits per heavy atom. The molecule has 0 amide bonds. The normalized spacial score (nSPS) is 33.3. The van der Waals surface area contributed by atoms with Crippen molar-refractivity contribution in [3.05, 3.63) is 82.2 Å². The van der Waals surface area contributed by atoms with Crippen molar-refractivity contribution in [3.63, 3.8) is 0 Å². The Kier molecular flexibility index (Phi) is 10.4. The highest BCUT2D eigenvalue weighted by Gasteiger charge is 2.49. The average Bonchev–Trinajstić information content (AvgIpc) is 2.99. The van der Waals surface area contributed by atoms with Gasteiger partial charge in [-0.15, -0.1) is 0 Å². The second-order valence-corrected chi connectivity index (χ2v) is 10.6. The fourth-order valence-electron chi connectivity index (χ4n) is 5.36. The molecule has 41 heavy (non-hydrogen) atoms. The number of azide groups is 1. The first kappa shape index (κ1) is 30.5. The third-order valence-electron chi connectivity index (χ3n) is 8.06. The Labute approximate surface area is 239 Å². The molecule has 2 aromatic rings.